The minimum Gasteiger partial charge on any atom is -0.504 e. The summed E-state index contributed by atoms with van der Waals surface area (Å²) in [5.41, 5.74) is -4.59. The molecule has 1 saturated heterocycles. The Morgan fingerprint density at radius 3 is 2.31 bits per heavy atom. The fraction of sp³-hybridized carbons (Fsp3) is 0.552. The van der Waals surface area contributed by atoms with Crippen LogP contribution >= 0.6 is 0 Å². The van der Waals surface area contributed by atoms with E-state index in [1.54, 1.807) is 51.1 Å². The molecule has 4 N–H and O–H groups in total. The summed E-state index contributed by atoms with van der Waals surface area (Å²) in [6, 6.07) is 8.11. The third-order valence-electron chi connectivity index (χ3n) is 8.70. The molecule has 10 nitrogen and oxygen atoms in total. The van der Waals surface area contributed by atoms with Crippen LogP contribution in [0.3, 0.4) is 0 Å². The Morgan fingerprint density at radius 2 is 1.77 bits per heavy atom. The first-order chi connectivity index (χ1) is 18.2. The summed E-state index contributed by atoms with van der Waals surface area (Å²) < 4.78 is 17.7. The molecule has 4 rings (SSSR count). The molecule has 39 heavy (non-hydrogen) atoms. The van der Waals surface area contributed by atoms with Crippen LogP contribution in [0.25, 0.3) is 0 Å². The van der Waals surface area contributed by atoms with Gasteiger partial charge in [0.1, 0.15) is 5.60 Å². The summed E-state index contributed by atoms with van der Waals surface area (Å²) in [4.78, 5) is 40.1. The second kappa shape index (κ2) is 10.2. The van der Waals surface area contributed by atoms with E-state index >= 15 is 0 Å². The highest BCUT2D eigenvalue weighted by molar-refractivity contribution is 6.09. The first-order valence-corrected chi connectivity index (χ1v) is 13.0. The molecule has 0 spiro atoms. The molecular formula is C29H36O10. The van der Waals surface area contributed by atoms with Crippen LogP contribution in [-0.2, 0) is 23.8 Å². The number of aliphatic hydroxyl groups excluding tert-OH is 3. The number of aliphatic hydroxyl groups is 4. The van der Waals surface area contributed by atoms with Crippen molar-refractivity contribution in [3.8, 4) is 0 Å². The van der Waals surface area contributed by atoms with Gasteiger partial charge in [-0.25, -0.2) is 4.79 Å². The maximum Gasteiger partial charge on any atom is 0.338 e. The average molecular weight is 545 g/mol. The van der Waals surface area contributed by atoms with E-state index in [0.29, 0.717) is 5.57 Å². The molecule has 0 radical (unpaired) electrons. The lowest BCUT2D eigenvalue weighted by molar-refractivity contribution is -0.291. The summed E-state index contributed by atoms with van der Waals surface area (Å²) in [5.74, 6) is -4.30. The molecule has 6 atom stereocenters. The van der Waals surface area contributed by atoms with Crippen LogP contribution in [0.1, 0.15) is 57.8 Å². The average Bonchev–Trinajstić information content (AvgIpc) is 2.88. The van der Waals surface area contributed by atoms with Gasteiger partial charge >= 0.3 is 11.9 Å². The zero-order valence-corrected chi connectivity index (χ0v) is 22.8. The molecule has 2 bridgehead atoms. The summed E-state index contributed by atoms with van der Waals surface area (Å²) in [5, 5.41) is 44.0. The molecule has 10 heteroatoms. The van der Waals surface area contributed by atoms with Gasteiger partial charge in [-0.2, -0.15) is 0 Å². The Hall–Kier alpha value is -3.05. The molecule has 0 saturated carbocycles. The van der Waals surface area contributed by atoms with Gasteiger partial charge < -0.3 is 34.6 Å². The number of carbonyl (C=O) groups excluding carboxylic acids is 3. The van der Waals surface area contributed by atoms with Gasteiger partial charge in [0, 0.05) is 30.9 Å². The highest BCUT2D eigenvalue weighted by atomic mass is 16.6. The lowest BCUT2D eigenvalue weighted by atomic mass is 9.53. The number of hydrogen-bond acceptors (Lipinski definition) is 10. The summed E-state index contributed by atoms with van der Waals surface area (Å²) in [7, 11) is 0. The zero-order valence-electron chi connectivity index (χ0n) is 22.8. The largest absolute Gasteiger partial charge is 0.504 e. The maximum absolute atomic E-state index is 13.8. The number of hydrogen-bond donors (Lipinski definition) is 4. The van der Waals surface area contributed by atoms with Crippen molar-refractivity contribution in [2.75, 3.05) is 13.2 Å². The number of rotatable bonds is 6. The first-order valence-electron chi connectivity index (χ1n) is 13.0. The maximum atomic E-state index is 13.8. The predicted octanol–water partition coefficient (Wildman–Crippen LogP) is 2.16. The van der Waals surface area contributed by atoms with Gasteiger partial charge in [-0.3, -0.25) is 9.59 Å². The van der Waals surface area contributed by atoms with Crippen molar-refractivity contribution in [2.24, 2.45) is 11.3 Å². The molecule has 2 aliphatic carbocycles. The number of allylic oxidation sites excluding steroid dienone is 1. The third kappa shape index (κ3) is 4.39. The van der Waals surface area contributed by atoms with Crippen molar-refractivity contribution in [1.82, 2.24) is 0 Å². The minimum atomic E-state index is -1.88. The van der Waals surface area contributed by atoms with Crippen molar-refractivity contribution < 1.29 is 49.0 Å². The Labute approximate surface area is 226 Å². The molecular weight excluding hydrogens is 508 g/mol. The zero-order chi connectivity index (χ0) is 28.9. The molecule has 0 aromatic heterocycles. The van der Waals surface area contributed by atoms with Gasteiger partial charge in [0.05, 0.1) is 30.3 Å². The van der Waals surface area contributed by atoms with Crippen LogP contribution in [0.15, 0.2) is 52.8 Å². The van der Waals surface area contributed by atoms with E-state index < -0.39 is 64.3 Å². The molecule has 1 aromatic carbocycles. The van der Waals surface area contributed by atoms with Crippen molar-refractivity contribution in [3.63, 3.8) is 0 Å². The second-order valence-corrected chi connectivity index (χ2v) is 11.2. The second-order valence-electron chi connectivity index (χ2n) is 11.2. The molecule has 1 aromatic rings. The predicted molar refractivity (Wildman–Crippen MR) is 137 cm³/mol. The van der Waals surface area contributed by atoms with Crippen LogP contribution < -0.4 is 0 Å². The van der Waals surface area contributed by atoms with Crippen molar-refractivity contribution in [2.45, 2.75) is 77.0 Å². The normalized spacial score (nSPS) is 35.9. The molecule has 3 aliphatic rings. The number of ketones is 1. The Kier molecular flexibility index (Phi) is 7.54. The summed E-state index contributed by atoms with van der Waals surface area (Å²) in [6.45, 7) is 6.84. The molecule has 0 unspecified atom stereocenters. The smallest absolute Gasteiger partial charge is 0.338 e. The number of benzene rings is 1. The highest BCUT2D eigenvalue weighted by Crippen LogP contribution is 2.58. The van der Waals surface area contributed by atoms with Gasteiger partial charge in [0.25, 0.3) is 0 Å². The quantitative estimate of drug-likeness (QED) is 0.391. The van der Waals surface area contributed by atoms with E-state index in [0.717, 1.165) is 6.92 Å². The van der Waals surface area contributed by atoms with Gasteiger partial charge in [-0.15, -0.1) is 0 Å². The fourth-order valence-corrected chi connectivity index (χ4v) is 6.56. The molecule has 1 fully saturated rings. The van der Waals surface area contributed by atoms with Gasteiger partial charge in [0.2, 0.25) is 5.78 Å². The topological polar surface area (TPSA) is 160 Å². The standard InChI is InChI=1S/C29H36O10/c1-15-19(32)13-29(39-26(35)18-9-7-6-8-10-18)25(38-17(3)31)22(28(36)14-37-20(28)11-12-30)16(2)23(33)24(34)21(15)27(29,4)5/h6-10,19-20,22,25,30,32-33,36H,11-14H2,1-5H3/b23-16+/t19-,20+,22+,25-,28-,29+/m0/s1. The van der Waals surface area contributed by atoms with Crippen molar-refractivity contribution >= 4 is 17.7 Å². The number of ether oxygens (including phenoxy) is 3. The van der Waals surface area contributed by atoms with E-state index in [-0.39, 0.29) is 42.8 Å². The molecule has 1 heterocycles. The van der Waals surface area contributed by atoms with Gasteiger partial charge in [-0.1, -0.05) is 32.0 Å². The fourth-order valence-electron chi connectivity index (χ4n) is 6.56. The highest BCUT2D eigenvalue weighted by Gasteiger charge is 2.69. The minimum absolute atomic E-state index is 0.0114. The Morgan fingerprint density at radius 1 is 1.13 bits per heavy atom. The van der Waals surface area contributed by atoms with E-state index in [9.17, 15) is 34.8 Å². The number of carbonyl (C=O) groups is 3. The van der Waals surface area contributed by atoms with Crippen molar-refractivity contribution in [1.29, 1.82) is 0 Å². The van der Waals surface area contributed by atoms with Crippen LogP contribution in [0.5, 0.6) is 0 Å². The van der Waals surface area contributed by atoms with E-state index in [1.807, 2.05) is 0 Å². The van der Waals surface area contributed by atoms with E-state index in [1.165, 1.54) is 6.92 Å². The lowest BCUT2D eigenvalue weighted by Gasteiger charge is -2.60. The Bertz CT molecular complexity index is 1230. The number of Topliss-reactive ketones (excluding diaryl/α,β-unsaturated/α-hetero) is 1. The number of fused-ring (bicyclic) bond motifs is 2. The third-order valence-corrected chi connectivity index (χ3v) is 8.70. The molecule has 0 amide bonds. The SMILES string of the molecule is CC(=O)O[C@H]1[C@H]([C@]2(O)CO[C@@H]2CCO)/C(C)=C(/O)C(=O)C2=C(C)[C@@H](O)C[C@]1(OC(=O)c1ccccc1)C2(C)C. The van der Waals surface area contributed by atoms with E-state index in [2.05, 4.69) is 0 Å². The van der Waals surface area contributed by atoms with Gasteiger partial charge in [-0.05, 0) is 43.5 Å². The van der Waals surface area contributed by atoms with Gasteiger partial charge in [0.15, 0.2) is 17.5 Å². The summed E-state index contributed by atoms with van der Waals surface area (Å²) >= 11 is 0. The Balaban J connectivity index is 2.05. The monoisotopic (exact) mass is 544 g/mol. The first kappa shape index (κ1) is 28.9. The lowest BCUT2D eigenvalue weighted by Crippen LogP contribution is -2.73. The van der Waals surface area contributed by atoms with Crippen molar-refractivity contribution in [3.05, 3.63) is 58.4 Å². The number of esters is 2. The van der Waals surface area contributed by atoms with E-state index in [4.69, 9.17) is 14.2 Å². The molecule has 1 aliphatic heterocycles. The van der Waals surface area contributed by atoms with Crippen LogP contribution in [0, 0.1) is 11.3 Å². The van der Waals surface area contributed by atoms with Crippen LogP contribution in [0.4, 0.5) is 0 Å². The van der Waals surface area contributed by atoms with Crippen LogP contribution in [-0.4, -0.2) is 80.9 Å². The van der Waals surface area contributed by atoms with Crippen LogP contribution in [0.2, 0.25) is 0 Å². The summed E-state index contributed by atoms with van der Waals surface area (Å²) in [6.07, 6.45) is -3.94. The molecule has 212 valence electrons.